The van der Waals surface area contributed by atoms with Gasteiger partial charge in [-0.05, 0) is 55.5 Å². The quantitative estimate of drug-likeness (QED) is 0.605. The van der Waals surface area contributed by atoms with E-state index in [9.17, 15) is 14.4 Å². The van der Waals surface area contributed by atoms with Crippen LogP contribution in [0.25, 0.3) is 0 Å². The normalized spacial score (nSPS) is 10.3. The van der Waals surface area contributed by atoms with E-state index in [0.717, 1.165) is 11.3 Å². The van der Waals surface area contributed by atoms with Gasteiger partial charge in [0.2, 0.25) is 0 Å². The van der Waals surface area contributed by atoms with Crippen molar-refractivity contribution in [3.8, 4) is 0 Å². The maximum Gasteiger partial charge on any atom is 0.291 e. The Morgan fingerprint density at radius 1 is 0.926 bits per heavy atom. The number of amides is 3. The van der Waals surface area contributed by atoms with Gasteiger partial charge in [0.25, 0.3) is 17.7 Å². The first-order valence-electron chi connectivity index (χ1n) is 8.21. The fourth-order valence-electron chi connectivity index (χ4n) is 2.27. The summed E-state index contributed by atoms with van der Waals surface area (Å²) in [4.78, 5) is 36.5. The Hall–Kier alpha value is -3.39. The molecule has 0 radical (unpaired) electrons. The van der Waals surface area contributed by atoms with Crippen molar-refractivity contribution in [2.45, 2.75) is 6.92 Å². The molecule has 3 amide bonds. The molecule has 0 spiro atoms. The summed E-state index contributed by atoms with van der Waals surface area (Å²) in [6, 6.07) is 13.1. The number of carbonyl (C=O) groups excluding carboxylic acids is 3. The molecule has 3 rings (SSSR count). The third kappa shape index (κ3) is 4.62. The van der Waals surface area contributed by atoms with E-state index in [-0.39, 0.29) is 23.5 Å². The highest BCUT2D eigenvalue weighted by Gasteiger charge is 2.14. The molecule has 2 heterocycles. The molecule has 3 aromatic rings. The van der Waals surface area contributed by atoms with E-state index in [1.807, 2.05) is 6.92 Å². The third-order valence-electron chi connectivity index (χ3n) is 3.55. The molecular weight excluding hydrogens is 366 g/mol. The van der Waals surface area contributed by atoms with Crippen LogP contribution in [0, 0.1) is 0 Å². The lowest BCUT2D eigenvalue weighted by Crippen LogP contribution is -2.22. The Bertz CT molecular complexity index is 946. The minimum absolute atomic E-state index is 0.162. The average molecular weight is 383 g/mol. The second-order valence-corrected chi connectivity index (χ2v) is 6.57. The Labute approximate surface area is 159 Å². The van der Waals surface area contributed by atoms with E-state index in [0.29, 0.717) is 27.7 Å². The molecule has 0 aliphatic heterocycles. The molecule has 2 aromatic heterocycles. The summed E-state index contributed by atoms with van der Waals surface area (Å²) in [6.07, 6.45) is 1.42. The summed E-state index contributed by atoms with van der Waals surface area (Å²) in [5.41, 5.74) is 1.09. The second-order valence-electron chi connectivity index (χ2n) is 5.49. The van der Waals surface area contributed by atoms with Crippen LogP contribution in [-0.4, -0.2) is 24.3 Å². The zero-order valence-corrected chi connectivity index (χ0v) is 15.3. The molecule has 0 saturated carbocycles. The first-order chi connectivity index (χ1) is 13.1. The van der Waals surface area contributed by atoms with Crippen LogP contribution < -0.4 is 16.0 Å². The number of anilines is 2. The number of rotatable bonds is 6. The van der Waals surface area contributed by atoms with Gasteiger partial charge in [-0.3, -0.25) is 14.4 Å². The Morgan fingerprint density at radius 2 is 1.70 bits per heavy atom. The number of nitrogens with one attached hydrogen (secondary N) is 3. The van der Waals surface area contributed by atoms with Crippen molar-refractivity contribution in [1.29, 1.82) is 0 Å². The standard InChI is InChI=1S/C19H17N3O4S/c1-2-20-17(23)12-5-7-13(8-6-12)21-19(25)15-9-10-16(27-15)22-18(24)14-4-3-11-26-14/h3-11H,2H2,1H3,(H,20,23)(H,21,25)(H,22,24). The molecule has 3 N–H and O–H groups in total. The second kappa shape index (κ2) is 8.33. The molecule has 27 heavy (non-hydrogen) atoms. The number of benzene rings is 1. The molecule has 0 atom stereocenters. The highest BCUT2D eigenvalue weighted by molar-refractivity contribution is 7.18. The molecule has 0 aliphatic carbocycles. The smallest absolute Gasteiger partial charge is 0.291 e. The molecule has 0 saturated heterocycles. The van der Waals surface area contributed by atoms with Crippen LogP contribution in [-0.2, 0) is 0 Å². The summed E-state index contributed by atoms with van der Waals surface area (Å²) in [6.45, 7) is 2.40. The van der Waals surface area contributed by atoms with Gasteiger partial charge in [0.1, 0.15) is 0 Å². The Balaban J connectivity index is 1.61. The van der Waals surface area contributed by atoms with Crippen molar-refractivity contribution >= 4 is 39.7 Å². The molecule has 1 aromatic carbocycles. The minimum Gasteiger partial charge on any atom is -0.459 e. The number of furan rings is 1. The molecule has 0 aliphatic rings. The van der Waals surface area contributed by atoms with Gasteiger partial charge < -0.3 is 20.4 Å². The zero-order valence-electron chi connectivity index (χ0n) is 14.4. The monoisotopic (exact) mass is 383 g/mol. The minimum atomic E-state index is -0.380. The van der Waals surface area contributed by atoms with E-state index in [1.54, 1.807) is 48.5 Å². The predicted octanol–water partition coefficient (Wildman–Crippen LogP) is 3.60. The molecule has 0 fully saturated rings. The van der Waals surface area contributed by atoms with Gasteiger partial charge in [0.05, 0.1) is 16.1 Å². The van der Waals surface area contributed by atoms with Gasteiger partial charge in [0, 0.05) is 17.8 Å². The van der Waals surface area contributed by atoms with Gasteiger partial charge in [-0.2, -0.15) is 0 Å². The van der Waals surface area contributed by atoms with E-state index in [2.05, 4.69) is 16.0 Å². The van der Waals surface area contributed by atoms with Crippen LogP contribution >= 0.6 is 11.3 Å². The van der Waals surface area contributed by atoms with E-state index in [1.165, 1.54) is 6.26 Å². The molecular formula is C19H17N3O4S. The number of carbonyl (C=O) groups is 3. The molecule has 7 nitrogen and oxygen atoms in total. The molecule has 0 unspecified atom stereocenters. The summed E-state index contributed by atoms with van der Waals surface area (Å²) in [5.74, 6) is -0.647. The van der Waals surface area contributed by atoms with Crippen LogP contribution in [0.4, 0.5) is 10.7 Å². The van der Waals surface area contributed by atoms with Crippen LogP contribution in [0.1, 0.15) is 37.5 Å². The number of hydrogen-bond donors (Lipinski definition) is 3. The summed E-state index contributed by atoms with van der Waals surface area (Å²) < 4.78 is 5.03. The topological polar surface area (TPSA) is 100 Å². The van der Waals surface area contributed by atoms with E-state index in [4.69, 9.17) is 4.42 Å². The van der Waals surface area contributed by atoms with E-state index < -0.39 is 0 Å². The van der Waals surface area contributed by atoms with Crippen molar-refractivity contribution < 1.29 is 18.8 Å². The fraction of sp³-hybridized carbons (Fsp3) is 0.105. The SMILES string of the molecule is CCNC(=O)c1ccc(NC(=O)c2ccc(NC(=O)c3ccco3)s2)cc1. The van der Waals surface area contributed by atoms with Crippen LogP contribution in [0.15, 0.2) is 59.2 Å². The van der Waals surface area contributed by atoms with Gasteiger partial charge >= 0.3 is 0 Å². The molecule has 138 valence electrons. The lowest BCUT2D eigenvalue weighted by Gasteiger charge is -2.06. The number of thiophene rings is 1. The predicted molar refractivity (Wildman–Crippen MR) is 103 cm³/mol. The van der Waals surface area contributed by atoms with Crippen LogP contribution in [0.5, 0.6) is 0 Å². The lowest BCUT2D eigenvalue weighted by atomic mass is 10.2. The maximum absolute atomic E-state index is 12.4. The number of hydrogen-bond acceptors (Lipinski definition) is 5. The molecule has 0 bridgehead atoms. The lowest BCUT2D eigenvalue weighted by molar-refractivity contribution is 0.0954. The van der Waals surface area contributed by atoms with Crippen molar-refractivity contribution in [3.05, 3.63) is 71.0 Å². The largest absolute Gasteiger partial charge is 0.459 e. The van der Waals surface area contributed by atoms with Gasteiger partial charge in [-0.15, -0.1) is 11.3 Å². The Morgan fingerprint density at radius 3 is 2.37 bits per heavy atom. The average Bonchev–Trinajstić information content (AvgIpc) is 3.34. The zero-order chi connectivity index (χ0) is 19.2. The van der Waals surface area contributed by atoms with Crippen molar-refractivity contribution in [3.63, 3.8) is 0 Å². The Kier molecular flexibility index (Phi) is 5.68. The maximum atomic E-state index is 12.4. The van der Waals surface area contributed by atoms with E-state index >= 15 is 0 Å². The van der Waals surface area contributed by atoms with Crippen LogP contribution in [0.2, 0.25) is 0 Å². The summed E-state index contributed by atoms with van der Waals surface area (Å²) >= 11 is 1.15. The molecule has 8 heteroatoms. The van der Waals surface area contributed by atoms with Crippen molar-refractivity contribution in [2.24, 2.45) is 0 Å². The first kappa shape index (κ1) is 18.4. The third-order valence-corrected chi connectivity index (χ3v) is 4.55. The van der Waals surface area contributed by atoms with Gasteiger partial charge in [-0.25, -0.2) is 0 Å². The van der Waals surface area contributed by atoms with Gasteiger partial charge in [-0.1, -0.05) is 0 Å². The van der Waals surface area contributed by atoms with Crippen molar-refractivity contribution in [2.75, 3.05) is 17.2 Å². The van der Waals surface area contributed by atoms with Crippen molar-refractivity contribution in [1.82, 2.24) is 5.32 Å². The van der Waals surface area contributed by atoms with Gasteiger partial charge in [0.15, 0.2) is 5.76 Å². The summed E-state index contributed by atoms with van der Waals surface area (Å²) in [7, 11) is 0. The summed E-state index contributed by atoms with van der Waals surface area (Å²) in [5, 5.41) is 8.68. The highest BCUT2D eigenvalue weighted by atomic mass is 32.1. The van der Waals surface area contributed by atoms with Crippen LogP contribution in [0.3, 0.4) is 0 Å². The fourth-order valence-corrected chi connectivity index (χ4v) is 3.07. The first-order valence-corrected chi connectivity index (χ1v) is 9.02. The highest BCUT2D eigenvalue weighted by Crippen LogP contribution is 2.24.